The third-order valence-corrected chi connectivity index (χ3v) is 3.10. The fourth-order valence-corrected chi connectivity index (χ4v) is 1.71. The first kappa shape index (κ1) is 15.1. The van der Waals surface area contributed by atoms with Crippen molar-refractivity contribution in [2.75, 3.05) is 0 Å². The lowest BCUT2D eigenvalue weighted by Crippen LogP contribution is -2.43. The van der Waals surface area contributed by atoms with Crippen LogP contribution in [0, 0.1) is 17.8 Å². The standard InChI is InChI=1S/C12H22O4/c1-5-6-9(3)12(15,16)10(4)7-8(2)11(13)14/h5,8-10,15-16H,1,6-7H2,2-4H3,(H,13,14). The Kier molecular flexibility index (Phi) is 5.68. The molecule has 0 spiro atoms. The minimum atomic E-state index is -1.85. The molecule has 0 fully saturated rings. The Morgan fingerprint density at radius 3 is 2.19 bits per heavy atom. The van der Waals surface area contributed by atoms with Crippen molar-refractivity contribution in [3.63, 3.8) is 0 Å². The number of aliphatic carboxylic acids is 1. The van der Waals surface area contributed by atoms with Gasteiger partial charge in [0.1, 0.15) is 0 Å². The van der Waals surface area contributed by atoms with Crippen LogP contribution in [0.2, 0.25) is 0 Å². The van der Waals surface area contributed by atoms with Gasteiger partial charge in [-0.1, -0.05) is 26.8 Å². The topological polar surface area (TPSA) is 77.8 Å². The minimum Gasteiger partial charge on any atom is -0.481 e. The van der Waals surface area contributed by atoms with Crippen molar-refractivity contribution in [2.45, 2.75) is 39.4 Å². The summed E-state index contributed by atoms with van der Waals surface area (Å²) in [5.74, 6) is -4.20. The molecule has 0 aromatic heterocycles. The number of hydrogen-bond acceptors (Lipinski definition) is 3. The average molecular weight is 230 g/mol. The number of carboxylic acids is 1. The van der Waals surface area contributed by atoms with Crippen LogP contribution in [0.3, 0.4) is 0 Å². The van der Waals surface area contributed by atoms with E-state index in [-0.39, 0.29) is 12.3 Å². The van der Waals surface area contributed by atoms with E-state index in [4.69, 9.17) is 5.11 Å². The van der Waals surface area contributed by atoms with E-state index in [0.29, 0.717) is 6.42 Å². The lowest BCUT2D eigenvalue weighted by Gasteiger charge is -2.34. The monoisotopic (exact) mass is 230 g/mol. The van der Waals surface area contributed by atoms with Crippen molar-refractivity contribution < 1.29 is 20.1 Å². The smallest absolute Gasteiger partial charge is 0.306 e. The molecule has 0 aliphatic rings. The maximum atomic E-state index is 10.7. The van der Waals surface area contributed by atoms with Crippen LogP contribution in [0.4, 0.5) is 0 Å². The molecule has 3 N–H and O–H groups in total. The SMILES string of the molecule is C=CCC(C)C(O)(O)C(C)CC(C)C(=O)O. The number of hydrogen-bond donors (Lipinski definition) is 3. The first-order valence-electron chi connectivity index (χ1n) is 5.51. The van der Waals surface area contributed by atoms with E-state index in [1.54, 1.807) is 26.8 Å². The zero-order chi connectivity index (χ0) is 12.9. The molecule has 0 heterocycles. The van der Waals surface area contributed by atoms with E-state index in [1.165, 1.54) is 0 Å². The summed E-state index contributed by atoms with van der Waals surface area (Å²) in [5.41, 5.74) is 0. The van der Waals surface area contributed by atoms with Crippen molar-refractivity contribution in [3.05, 3.63) is 12.7 Å². The highest BCUT2D eigenvalue weighted by atomic mass is 16.5. The highest BCUT2D eigenvalue weighted by Crippen LogP contribution is 2.30. The fourth-order valence-electron chi connectivity index (χ4n) is 1.71. The summed E-state index contributed by atoms with van der Waals surface area (Å²) in [6.45, 7) is 8.47. The highest BCUT2D eigenvalue weighted by Gasteiger charge is 2.37. The second-order valence-electron chi connectivity index (χ2n) is 4.58. The van der Waals surface area contributed by atoms with E-state index < -0.39 is 23.6 Å². The summed E-state index contributed by atoms with van der Waals surface area (Å²) < 4.78 is 0. The van der Waals surface area contributed by atoms with Crippen LogP contribution in [0.15, 0.2) is 12.7 Å². The number of rotatable bonds is 7. The van der Waals surface area contributed by atoms with Crippen molar-refractivity contribution in [1.29, 1.82) is 0 Å². The Bertz CT molecular complexity index is 247. The number of carbonyl (C=O) groups is 1. The zero-order valence-electron chi connectivity index (χ0n) is 10.2. The molecular formula is C12H22O4. The third-order valence-electron chi connectivity index (χ3n) is 3.10. The first-order valence-corrected chi connectivity index (χ1v) is 5.51. The van der Waals surface area contributed by atoms with Gasteiger partial charge in [0.05, 0.1) is 5.92 Å². The molecule has 0 rings (SSSR count). The van der Waals surface area contributed by atoms with Crippen LogP contribution in [0.25, 0.3) is 0 Å². The summed E-state index contributed by atoms with van der Waals surface area (Å²) in [5, 5.41) is 28.6. The highest BCUT2D eigenvalue weighted by molar-refractivity contribution is 5.69. The molecule has 0 aromatic carbocycles. The molecule has 4 heteroatoms. The van der Waals surface area contributed by atoms with Crippen molar-refractivity contribution in [3.8, 4) is 0 Å². The molecule has 0 saturated heterocycles. The molecule has 0 aliphatic heterocycles. The van der Waals surface area contributed by atoms with E-state index in [9.17, 15) is 15.0 Å². The summed E-state index contributed by atoms with van der Waals surface area (Å²) >= 11 is 0. The van der Waals surface area contributed by atoms with Gasteiger partial charge in [0.2, 0.25) is 0 Å². The number of aliphatic hydroxyl groups is 2. The average Bonchev–Trinajstić information content (AvgIpc) is 2.17. The molecule has 0 radical (unpaired) electrons. The van der Waals surface area contributed by atoms with Gasteiger partial charge in [-0.15, -0.1) is 6.58 Å². The van der Waals surface area contributed by atoms with E-state index >= 15 is 0 Å². The van der Waals surface area contributed by atoms with Gasteiger partial charge in [0.15, 0.2) is 5.79 Å². The number of carboxylic acid groups (broad SMARTS) is 1. The summed E-state index contributed by atoms with van der Waals surface area (Å²) in [4.78, 5) is 10.7. The molecule has 0 aromatic rings. The summed E-state index contributed by atoms with van der Waals surface area (Å²) in [7, 11) is 0. The van der Waals surface area contributed by atoms with Crippen molar-refractivity contribution in [2.24, 2.45) is 17.8 Å². The molecule has 0 bridgehead atoms. The molecule has 94 valence electrons. The molecule has 3 atom stereocenters. The Hall–Kier alpha value is -0.870. The molecule has 0 saturated carbocycles. The first-order chi connectivity index (χ1) is 7.23. The number of allylic oxidation sites excluding steroid dienone is 1. The van der Waals surface area contributed by atoms with Gasteiger partial charge >= 0.3 is 5.97 Å². The second kappa shape index (κ2) is 6.01. The maximum Gasteiger partial charge on any atom is 0.306 e. The predicted molar refractivity (Wildman–Crippen MR) is 61.7 cm³/mol. The van der Waals surface area contributed by atoms with Gasteiger partial charge in [0, 0.05) is 11.8 Å². The predicted octanol–water partition coefficient (Wildman–Crippen LogP) is 1.63. The van der Waals surface area contributed by atoms with Crippen LogP contribution < -0.4 is 0 Å². The largest absolute Gasteiger partial charge is 0.481 e. The van der Waals surface area contributed by atoms with Gasteiger partial charge in [0.25, 0.3) is 0 Å². The lowest BCUT2D eigenvalue weighted by molar-refractivity contribution is -0.231. The fraction of sp³-hybridized carbons (Fsp3) is 0.750. The van der Waals surface area contributed by atoms with Crippen molar-refractivity contribution in [1.82, 2.24) is 0 Å². The summed E-state index contributed by atoms with van der Waals surface area (Å²) in [6.07, 6.45) is 2.35. The van der Waals surface area contributed by atoms with Crippen LogP contribution >= 0.6 is 0 Å². The Morgan fingerprint density at radius 2 is 1.81 bits per heavy atom. The third kappa shape index (κ3) is 3.94. The van der Waals surface area contributed by atoms with Gasteiger partial charge in [-0.3, -0.25) is 4.79 Å². The Labute approximate surface area is 96.6 Å². The molecule has 3 unspecified atom stereocenters. The molecular weight excluding hydrogens is 208 g/mol. The van der Waals surface area contributed by atoms with Gasteiger partial charge in [-0.2, -0.15) is 0 Å². The van der Waals surface area contributed by atoms with Gasteiger partial charge in [-0.25, -0.2) is 0 Å². The molecule has 4 nitrogen and oxygen atoms in total. The van der Waals surface area contributed by atoms with Gasteiger partial charge < -0.3 is 15.3 Å². The Morgan fingerprint density at radius 1 is 1.31 bits per heavy atom. The van der Waals surface area contributed by atoms with Crippen molar-refractivity contribution >= 4 is 5.97 Å². The Balaban J connectivity index is 4.50. The minimum absolute atomic E-state index is 0.240. The normalized spacial score (nSPS) is 17.6. The molecule has 0 amide bonds. The summed E-state index contributed by atoms with van der Waals surface area (Å²) in [6, 6.07) is 0. The second-order valence-corrected chi connectivity index (χ2v) is 4.58. The quantitative estimate of drug-likeness (QED) is 0.459. The van der Waals surface area contributed by atoms with Crippen LogP contribution in [0.1, 0.15) is 33.6 Å². The van der Waals surface area contributed by atoms with Crippen LogP contribution in [0.5, 0.6) is 0 Å². The molecule has 0 aliphatic carbocycles. The van der Waals surface area contributed by atoms with E-state index in [1.807, 2.05) is 0 Å². The lowest BCUT2D eigenvalue weighted by atomic mass is 9.82. The van der Waals surface area contributed by atoms with E-state index in [2.05, 4.69) is 6.58 Å². The van der Waals surface area contributed by atoms with Crippen LogP contribution in [-0.4, -0.2) is 27.1 Å². The zero-order valence-corrected chi connectivity index (χ0v) is 10.2. The van der Waals surface area contributed by atoms with Gasteiger partial charge in [-0.05, 0) is 12.8 Å². The maximum absolute atomic E-state index is 10.7. The van der Waals surface area contributed by atoms with E-state index in [0.717, 1.165) is 0 Å². The molecule has 16 heavy (non-hydrogen) atoms. The van der Waals surface area contributed by atoms with Crippen LogP contribution in [-0.2, 0) is 4.79 Å².